The Bertz CT molecular complexity index is 544. The van der Waals surface area contributed by atoms with Crippen LogP contribution < -0.4 is 5.32 Å². The number of fused-ring (bicyclic) bond motifs is 1. The third-order valence-electron chi connectivity index (χ3n) is 3.94. The summed E-state index contributed by atoms with van der Waals surface area (Å²) in [6.07, 6.45) is 4.47. The summed E-state index contributed by atoms with van der Waals surface area (Å²) in [5.41, 5.74) is 0.836. The van der Waals surface area contributed by atoms with Gasteiger partial charge in [-0.2, -0.15) is 0 Å². The largest absolute Gasteiger partial charge is 0.302 e. The zero-order valence-corrected chi connectivity index (χ0v) is 12.1. The minimum absolute atomic E-state index is 0.0204. The van der Waals surface area contributed by atoms with Crippen molar-refractivity contribution in [3.05, 3.63) is 10.6 Å². The van der Waals surface area contributed by atoms with Gasteiger partial charge >= 0.3 is 0 Å². The van der Waals surface area contributed by atoms with Gasteiger partial charge in [0, 0.05) is 12.3 Å². The maximum atomic E-state index is 12.1. The molecule has 1 saturated carbocycles. The average Bonchev–Trinajstić information content (AvgIpc) is 2.55. The van der Waals surface area contributed by atoms with Crippen molar-refractivity contribution in [2.45, 2.75) is 46.0 Å². The summed E-state index contributed by atoms with van der Waals surface area (Å²) >= 11 is 1.33. The highest BCUT2D eigenvalue weighted by molar-refractivity contribution is 7.17. The molecule has 2 aliphatic rings. The Balaban J connectivity index is 1.78. The number of amides is 1. The number of Topliss-reactive ketones (excluding diaryl/α,β-unsaturated/α-hetero) is 1. The fourth-order valence-electron chi connectivity index (χ4n) is 2.65. The molecular formula is C14H18N2O2S. The van der Waals surface area contributed by atoms with Crippen molar-refractivity contribution in [2.24, 2.45) is 11.3 Å². The van der Waals surface area contributed by atoms with Crippen molar-refractivity contribution >= 4 is 28.2 Å². The summed E-state index contributed by atoms with van der Waals surface area (Å²) in [6.45, 7) is 4.17. The highest BCUT2D eigenvalue weighted by Gasteiger charge is 2.34. The highest BCUT2D eigenvalue weighted by Crippen LogP contribution is 2.38. The number of hydrogen-bond acceptors (Lipinski definition) is 4. The number of ketones is 1. The van der Waals surface area contributed by atoms with E-state index in [0.29, 0.717) is 11.6 Å². The molecule has 0 saturated heterocycles. The number of carbonyl (C=O) groups excluding carboxylic acids is 2. The lowest BCUT2D eigenvalue weighted by atomic mass is 9.78. The fraction of sp³-hybridized carbons (Fsp3) is 0.643. The molecule has 0 unspecified atom stereocenters. The van der Waals surface area contributed by atoms with E-state index in [0.717, 1.165) is 36.3 Å². The maximum absolute atomic E-state index is 12.1. The van der Waals surface area contributed by atoms with E-state index in [-0.39, 0.29) is 23.0 Å². The van der Waals surface area contributed by atoms with Gasteiger partial charge in [-0.15, -0.1) is 0 Å². The molecule has 2 aliphatic carbocycles. The second-order valence-corrected chi connectivity index (χ2v) is 7.35. The van der Waals surface area contributed by atoms with Gasteiger partial charge in [0.25, 0.3) is 0 Å². The summed E-state index contributed by atoms with van der Waals surface area (Å²) < 4.78 is 0. The quantitative estimate of drug-likeness (QED) is 0.904. The molecular weight excluding hydrogens is 260 g/mol. The first kappa shape index (κ1) is 12.8. The van der Waals surface area contributed by atoms with Crippen LogP contribution >= 0.6 is 11.3 Å². The van der Waals surface area contributed by atoms with Gasteiger partial charge in [0.2, 0.25) is 5.91 Å². The highest BCUT2D eigenvalue weighted by atomic mass is 32.1. The van der Waals surface area contributed by atoms with Crippen molar-refractivity contribution < 1.29 is 9.59 Å². The van der Waals surface area contributed by atoms with Crippen molar-refractivity contribution in [1.82, 2.24) is 4.98 Å². The summed E-state index contributed by atoms with van der Waals surface area (Å²) in [5.74, 6) is 0.366. The fourth-order valence-corrected chi connectivity index (χ4v) is 3.57. The topological polar surface area (TPSA) is 59.1 Å². The van der Waals surface area contributed by atoms with Gasteiger partial charge in [-0.1, -0.05) is 31.6 Å². The molecule has 3 rings (SSSR count). The van der Waals surface area contributed by atoms with Crippen LogP contribution in [0.3, 0.4) is 0 Å². The van der Waals surface area contributed by atoms with Crippen LogP contribution in [0.5, 0.6) is 0 Å². The zero-order valence-electron chi connectivity index (χ0n) is 11.3. The van der Waals surface area contributed by atoms with E-state index in [1.54, 1.807) is 0 Å². The van der Waals surface area contributed by atoms with E-state index in [4.69, 9.17) is 0 Å². The van der Waals surface area contributed by atoms with Gasteiger partial charge in [0.05, 0.1) is 10.6 Å². The van der Waals surface area contributed by atoms with E-state index < -0.39 is 0 Å². The molecule has 0 bridgehead atoms. The van der Waals surface area contributed by atoms with Gasteiger partial charge < -0.3 is 5.32 Å². The predicted molar refractivity (Wildman–Crippen MR) is 74.5 cm³/mol. The van der Waals surface area contributed by atoms with Crippen LogP contribution in [0, 0.1) is 11.3 Å². The number of aromatic nitrogens is 1. The first-order valence-corrected chi connectivity index (χ1v) is 7.60. The van der Waals surface area contributed by atoms with Gasteiger partial charge in [-0.05, 0) is 24.7 Å². The number of hydrogen-bond donors (Lipinski definition) is 1. The lowest BCUT2D eigenvalue weighted by Crippen LogP contribution is -2.28. The van der Waals surface area contributed by atoms with Gasteiger partial charge in [0.15, 0.2) is 10.9 Å². The van der Waals surface area contributed by atoms with Crippen molar-refractivity contribution in [1.29, 1.82) is 0 Å². The minimum Gasteiger partial charge on any atom is -0.302 e. The number of nitrogens with zero attached hydrogens (tertiary/aromatic N) is 1. The molecule has 1 aromatic rings. The number of carbonyl (C=O) groups is 2. The average molecular weight is 278 g/mol. The van der Waals surface area contributed by atoms with Crippen LogP contribution in [0.15, 0.2) is 0 Å². The summed E-state index contributed by atoms with van der Waals surface area (Å²) in [7, 11) is 0. The van der Waals surface area contributed by atoms with Crippen LogP contribution in [-0.4, -0.2) is 16.7 Å². The molecule has 19 heavy (non-hydrogen) atoms. The molecule has 102 valence electrons. The van der Waals surface area contributed by atoms with E-state index in [9.17, 15) is 9.59 Å². The minimum atomic E-state index is -0.0204. The molecule has 1 fully saturated rings. The van der Waals surface area contributed by atoms with Crippen LogP contribution in [0.4, 0.5) is 5.13 Å². The van der Waals surface area contributed by atoms with E-state index >= 15 is 0 Å². The third-order valence-corrected chi connectivity index (χ3v) is 5.00. The van der Waals surface area contributed by atoms with Crippen LogP contribution in [0.2, 0.25) is 0 Å². The second kappa shape index (κ2) is 4.40. The van der Waals surface area contributed by atoms with E-state index in [1.807, 2.05) is 0 Å². The van der Waals surface area contributed by atoms with Gasteiger partial charge in [-0.3, -0.25) is 9.59 Å². The number of rotatable bonds is 2. The van der Waals surface area contributed by atoms with Crippen LogP contribution in [0.1, 0.15) is 54.9 Å². The maximum Gasteiger partial charge on any atom is 0.229 e. The summed E-state index contributed by atoms with van der Waals surface area (Å²) in [4.78, 5) is 29.1. The van der Waals surface area contributed by atoms with E-state index in [1.165, 1.54) is 11.3 Å². The first-order chi connectivity index (χ1) is 8.94. The third kappa shape index (κ3) is 2.43. The van der Waals surface area contributed by atoms with Crippen molar-refractivity contribution in [3.63, 3.8) is 0 Å². The molecule has 4 nitrogen and oxygen atoms in total. The lowest BCUT2D eigenvalue weighted by molar-refractivity contribution is -0.122. The Morgan fingerprint density at radius 1 is 1.37 bits per heavy atom. The van der Waals surface area contributed by atoms with Crippen molar-refractivity contribution in [3.8, 4) is 0 Å². The zero-order chi connectivity index (χ0) is 13.6. The molecule has 1 heterocycles. The normalized spacial score (nSPS) is 21.7. The van der Waals surface area contributed by atoms with Crippen LogP contribution in [0.25, 0.3) is 0 Å². The molecule has 0 aromatic carbocycles. The van der Waals surface area contributed by atoms with Crippen LogP contribution in [-0.2, 0) is 11.2 Å². The Labute approximate surface area is 116 Å². The number of anilines is 1. The van der Waals surface area contributed by atoms with Crippen molar-refractivity contribution in [2.75, 3.05) is 5.32 Å². The monoisotopic (exact) mass is 278 g/mol. The number of nitrogens with one attached hydrogen (secondary N) is 1. The molecule has 1 amide bonds. The SMILES string of the molecule is CC1(C)CC(=O)c2sc(NC(=O)C3CCC3)nc2C1. The predicted octanol–water partition coefficient (Wildman–Crippen LogP) is 3.04. The first-order valence-electron chi connectivity index (χ1n) is 6.78. The Morgan fingerprint density at radius 2 is 2.11 bits per heavy atom. The van der Waals surface area contributed by atoms with Gasteiger partial charge in [0.1, 0.15) is 0 Å². The lowest BCUT2D eigenvalue weighted by Gasteiger charge is -2.26. The Morgan fingerprint density at radius 3 is 2.74 bits per heavy atom. The summed E-state index contributed by atoms with van der Waals surface area (Å²) in [6, 6.07) is 0. The summed E-state index contributed by atoms with van der Waals surface area (Å²) in [5, 5.41) is 3.46. The molecule has 0 atom stereocenters. The molecule has 5 heteroatoms. The number of thiazole rings is 1. The molecule has 0 aliphatic heterocycles. The second-order valence-electron chi connectivity index (χ2n) is 6.35. The Hall–Kier alpha value is -1.23. The van der Waals surface area contributed by atoms with Gasteiger partial charge in [-0.25, -0.2) is 4.98 Å². The van der Waals surface area contributed by atoms with E-state index in [2.05, 4.69) is 24.1 Å². The molecule has 0 radical (unpaired) electrons. The molecule has 1 aromatic heterocycles. The Kier molecular flexibility index (Phi) is 2.96. The smallest absolute Gasteiger partial charge is 0.229 e. The molecule has 0 spiro atoms. The molecule has 1 N–H and O–H groups in total. The standard InChI is InChI=1S/C14H18N2O2S/c1-14(2)6-9-11(10(17)7-14)19-13(15-9)16-12(18)8-4-3-5-8/h8H,3-7H2,1-2H3,(H,15,16,18).